The van der Waals surface area contributed by atoms with Crippen LogP contribution in [0.3, 0.4) is 0 Å². The van der Waals surface area contributed by atoms with Crippen LogP contribution in [0.1, 0.15) is 36.8 Å². The maximum atomic E-state index is 5.63. The fourth-order valence-corrected chi connectivity index (χ4v) is 3.15. The monoisotopic (exact) mass is 370 g/mol. The second-order valence-electron chi connectivity index (χ2n) is 6.37. The minimum atomic E-state index is 0.0370. The SMILES string of the molecule is CCO[C@H]1CN[C@H](c2nc(Cc3coc(-c4ccc(OC)cc4)n3)no2)C1. The Labute approximate surface area is 156 Å². The Morgan fingerprint density at radius 2 is 2.07 bits per heavy atom. The molecule has 8 nitrogen and oxygen atoms in total. The van der Waals surface area contributed by atoms with E-state index in [0.717, 1.165) is 30.0 Å². The number of ether oxygens (including phenoxy) is 2. The van der Waals surface area contributed by atoms with Crippen molar-refractivity contribution in [3.05, 3.63) is 47.9 Å². The Bertz CT molecular complexity index is 874. The number of aromatic nitrogens is 3. The van der Waals surface area contributed by atoms with Crippen molar-refractivity contribution < 1.29 is 18.4 Å². The molecule has 0 bridgehead atoms. The summed E-state index contributed by atoms with van der Waals surface area (Å²) in [7, 11) is 1.63. The van der Waals surface area contributed by atoms with E-state index in [2.05, 4.69) is 20.4 Å². The van der Waals surface area contributed by atoms with Crippen molar-refractivity contribution in [2.75, 3.05) is 20.3 Å². The van der Waals surface area contributed by atoms with Gasteiger partial charge in [-0.2, -0.15) is 4.98 Å². The number of rotatable bonds is 7. The van der Waals surface area contributed by atoms with Crippen LogP contribution in [0.25, 0.3) is 11.5 Å². The highest BCUT2D eigenvalue weighted by atomic mass is 16.5. The zero-order valence-electron chi connectivity index (χ0n) is 15.3. The predicted molar refractivity (Wildman–Crippen MR) is 96.4 cm³/mol. The topological polar surface area (TPSA) is 95.4 Å². The summed E-state index contributed by atoms with van der Waals surface area (Å²) < 4.78 is 21.8. The van der Waals surface area contributed by atoms with E-state index in [1.165, 1.54) is 0 Å². The Balaban J connectivity index is 1.40. The molecule has 0 radical (unpaired) electrons. The normalized spacial score (nSPS) is 19.5. The lowest BCUT2D eigenvalue weighted by molar-refractivity contribution is 0.0749. The van der Waals surface area contributed by atoms with Gasteiger partial charge in [-0.15, -0.1) is 0 Å². The number of nitrogens with one attached hydrogen (secondary N) is 1. The molecular formula is C19H22N4O4. The minimum absolute atomic E-state index is 0.0370. The van der Waals surface area contributed by atoms with E-state index in [1.807, 2.05) is 31.2 Å². The van der Waals surface area contributed by atoms with Gasteiger partial charge in [-0.05, 0) is 37.6 Å². The molecular weight excluding hydrogens is 348 g/mol. The molecule has 1 aliphatic heterocycles. The first-order valence-electron chi connectivity index (χ1n) is 9.01. The van der Waals surface area contributed by atoms with Gasteiger partial charge < -0.3 is 23.7 Å². The van der Waals surface area contributed by atoms with Gasteiger partial charge in [0.05, 0.1) is 31.4 Å². The number of methoxy groups -OCH3 is 1. The van der Waals surface area contributed by atoms with E-state index in [4.69, 9.17) is 18.4 Å². The van der Waals surface area contributed by atoms with Crippen LogP contribution in [0.5, 0.6) is 5.75 Å². The summed E-state index contributed by atoms with van der Waals surface area (Å²) >= 11 is 0. The second-order valence-corrected chi connectivity index (χ2v) is 6.37. The smallest absolute Gasteiger partial charge is 0.243 e. The fraction of sp³-hybridized carbons (Fsp3) is 0.421. The van der Waals surface area contributed by atoms with Gasteiger partial charge in [0, 0.05) is 18.7 Å². The van der Waals surface area contributed by atoms with Crippen LogP contribution in [-0.4, -0.2) is 41.5 Å². The molecule has 1 aromatic carbocycles. The molecule has 2 aromatic heterocycles. The van der Waals surface area contributed by atoms with Gasteiger partial charge in [0.15, 0.2) is 5.82 Å². The first kappa shape index (κ1) is 17.7. The highest BCUT2D eigenvalue weighted by Gasteiger charge is 2.29. The molecule has 0 amide bonds. The number of benzene rings is 1. The van der Waals surface area contributed by atoms with Crippen LogP contribution in [0, 0.1) is 0 Å². The second kappa shape index (κ2) is 7.89. The van der Waals surface area contributed by atoms with Gasteiger partial charge in [-0.25, -0.2) is 4.98 Å². The number of nitrogens with zero attached hydrogens (tertiary/aromatic N) is 3. The summed E-state index contributed by atoms with van der Waals surface area (Å²) in [6.07, 6.45) is 3.10. The van der Waals surface area contributed by atoms with Crippen LogP contribution < -0.4 is 10.1 Å². The van der Waals surface area contributed by atoms with Crippen LogP contribution >= 0.6 is 0 Å². The van der Waals surface area contributed by atoms with Crippen molar-refractivity contribution >= 4 is 0 Å². The van der Waals surface area contributed by atoms with E-state index in [0.29, 0.717) is 30.6 Å². The maximum Gasteiger partial charge on any atom is 0.243 e. The summed E-state index contributed by atoms with van der Waals surface area (Å²) in [4.78, 5) is 9.00. The third-order valence-corrected chi connectivity index (χ3v) is 4.50. The number of hydrogen-bond acceptors (Lipinski definition) is 8. The third kappa shape index (κ3) is 4.01. The highest BCUT2D eigenvalue weighted by Crippen LogP contribution is 2.25. The van der Waals surface area contributed by atoms with Gasteiger partial charge in [-0.1, -0.05) is 5.16 Å². The largest absolute Gasteiger partial charge is 0.497 e. The molecule has 1 saturated heterocycles. The Morgan fingerprint density at radius 3 is 2.85 bits per heavy atom. The molecule has 0 spiro atoms. The van der Waals surface area contributed by atoms with E-state index in [9.17, 15) is 0 Å². The lowest BCUT2D eigenvalue weighted by Crippen LogP contribution is -2.17. The first-order chi connectivity index (χ1) is 13.2. The molecule has 27 heavy (non-hydrogen) atoms. The Kier molecular flexibility index (Phi) is 5.17. The quantitative estimate of drug-likeness (QED) is 0.678. The van der Waals surface area contributed by atoms with Crippen molar-refractivity contribution in [1.29, 1.82) is 0 Å². The molecule has 1 N–H and O–H groups in total. The third-order valence-electron chi connectivity index (χ3n) is 4.50. The molecule has 4 rings (SSSR count). The lowest BCUT2D eigenvalue weighted by atomic mass is 10.2. The van der Waals surface area contributed by atoms with Crippen LogP contribution in [0.2, 0.25) is 0 Å². The molecule has 3 aromatic rings. The molecule has 2 atom stereocenters. The van der Waals surface area contributed by atoms with Crippen LogP contribution in [-0.2, 0) is 11.2 Å². The zero-order valence-corrected chi connectivity index (χ0v) is 15.3. The van der Waals surface area contributed by atoms with Crippen molar-refractivity contribution in [2.24, 2.45) is 0 Å². The molecule has 0 saturated carbocycles. The molecule has 1 aliphatic rings. The highest BCUT2D eigenvalue weighted by molar-refractivity contribution is 5.54. The van der Waals surface area contributed by atoms with E-state index in [-0.39, 0.29) is 12.1 Å². The van der Waals surface area contributed by atoms with Gasteiger partial charge >= 0.3 is 0 Å². The van der Waals surface area contributed by atoms with Crippen molar-refractivity contribution in [3.8, 4) is 17.2 Å². The van der Waals surface area contributed by atoms with Crippen molar-refractivity contribution in [2.45, 2.75) is 31.9 Å². The summed E-state index contributed by atoms with van der Waals surface area (Å²) in [5.41, 5.74) is 1.63. The van der Waals surface area contributed by atoms with Gasteiger partial charge in [0.25, 0.3) is 0 Å². The molecule has 8 heteroatoms. The maximum absolute atomic E-state index is 5.63. The Morgan fingerprint density at radius 1 is 1.22 bits per heavy atom. The first-order valence-corrected chi connectivity index (χ1v) is 9.01. The lowest BCUT2D eigenvalue weighted by Gasteiger charge is -2.07. The molecule has 0 unspecified atom stereocenters. The zero-order chi connectivity index (χ0) is 18.6. The van der Waals surface area contributed by atoms with Crippen LogP contribution in [0.15, 0.2) is 39.5 Å². The number of hydrogen-bond donors (Lipinski definition) is 1. The van der Waals surface area contributed by atoms with Crippen LogP contribution in [0.4, 0.5) is 0 Å². The average Bonchev–Trinajstić information content (AvgIpc) is 3.43. The Hall–Kier alpha value is -2.71. The molecule has 0 aliphatic carbocycles. The van der Waals surface area contributed by atoms with Crippen molar-refractivity contribution in [1.82, 2.24) is 20.4 Å². The summed E-state index contributed by atoms with van der Waals surface area (Å²) in [5, 5.41) is 7.42. The van der Waals surface area contributed by atoms with Gasteiger partial charge in [0.2, 0.25) is 11.8 Å². The molecule has 142 valence electrons. The molecule has 3 heterocycles. The van der Waals surface area contributed by atoms with E-state index < -0.39 is 0 Å². The van der Waals surface area contributed by atoms with E-state index >= 15 is 0 Å². The minimum Gasteiger partial charge on any atom is -0.497 e. The predicted octanol–water partition coefficient (Wildman–Crippen LogP) is 2.76. The van der Waals surface area contributed by atoms with E-state index in [1.54, 1.807) is 13.4 Å². The average molecular weight is 370 g/mol. The standard InChI is InChI=1S/C19H22N4O4/c1-3-25-15-9-16(20-10-15)19-22-17(23-27-19)8-13-11-26-18(21-13)12-4-6-14(24-2)7-5-12/h4-7,11,15-16,20H,3,8-10H2,1-2H3/t15-,16+/m1/s1. The summed E-state index contributed by atoms with van der Waals surface area (Å²) in [6.45, 7) is 3.50. The molecule has 1 fully saturated rings. The summed E-state index contributed by atoms with van der Waals surface area (Å²) in [6, 6.07) is 7.59. The van der Waals surface area contributed by atoms with Crippen molar-refractivity contribution in [3.63, 3.8) is 0 Å². The summed E-state index contributed by atoms with van der Waals surface area (Å²) in [5.74, 6) is 2.51. The fourth-order valence-electron chi connectivity index (χ4n) is 3.15. The van der Waals surface area contributed by atoms with Gasteiger partial charge in [0.1, 0.15) is 12.0 Å². The van der Waals surface area contributed by atoms with Gasteiger partial charge in [-0.3, -0.25) is 0 Å². The number of oxazole rings is 1.